The molecule has 5 aliphatic heterocycles. The van der Waals surface area contributed by atoms with Crippen molar-refractivity contribution in [1.82, 2.24) is 4.90 Å². The Hall–Kier alpha value is -0.900. The van der Waals surface area contributed by atoms with Crippen molar-refractivity contribution in [3.05, 3.63) is 11.6 Å². The molecule has 0 amide bonds. The molecule has 5 heterocycles. The fourth-order valence-electron chi connectivity index (χ4n) is 14.7. The summed E-state index contributed by atoms with van der Waals surface area (Å²) in [6.07, 6.45) is -11.1. The van der Waals surface area contributed by atoms with Crippen LogP contribution in [0.2, 0.25) is 0 Å². The first-order valence-electron chi connectivity index (χ1n) is 23.4. The van der Waals surface area contributed by atoms with E-state index in [-0.39, 0.29) is 11.5 Å². The zero-order valence-corrected chi connectivity index (χ0v) is 36.3. The average Bonchev–Trinajstić information content (AvgIpc) is 3.71. The minimum absolute atomic E-state index is 0.00462. The first kappa shape index (κ1) is 45.3. The third-order valence-electron chi connectivity index (χ3n) is 18.0. The third-order valence-corrected chi connectivity index (χ3v) is 18.0. The van der Waals surface area contributed by atoms with Gasteiger partial charge in [0.2, 0.25) is 0 Å². The molecule has 0 radical (unpaired) electrons. The van der Waals surface area contributed by atoms with Crippen molar-refractivity contribution < 1.29 is 74.4 Å². The van der Waals surface area contributed by atoms with Gasteiger partial charge in [-0.2, -0.15) is 0 Å². The van der Waals surface area contributed by atoms with E-state index in [2.05, 4.69) is 38.7 Å². The van der Waals surface area contributed by atoms with Gasteiger partial charge in [-0.3, -0.25) is 4.90 Å². The first-order chi connectivity index (χ1) is 29.0. The summed E-state index contributed by atoms with van der Waals surface area (Å²) in [7, 11) is 0. The molecule has 0 aromatic heterocycles. The van der Waals surface area contributed by atoms with Gasteiger partial charge in [-0.15, -0.1) is 0 Å². The largest absolute Gasteiger partial charge is 0.394 e. The van der Waals surface area contributed by atoms with Crippen LogP contribution in [0.25, 0.3) is 0 Å². The number of rotatable bonds is 8. The van der Waals surface area contributed by atoms with Gasteiger partial charge in [0.1, 0.15) is 67.1 Å². The number of hydrogen-bond acceptors (Lipinski definition) is 16. The van der Waals surface area contributed by atoms with E-state index in [1.807, 2.05) is 0 Å². The SMILES string of the molecule is C[C@H]1CC[C@@H]2[C@@H](C)C3C(CC4C5CC=C6C[C@@H](O[C@@H]7O[C@H](CO)[C@H](O)[C@H](O[C@@H]8O[C@H](CO)[C@@H](O)[C@H](O)[C@H]8O)[C@H]7O[C@@H]7O[C@@H](C)[C@H](O)[C@@H](O)[C@H]7O)CC[C@]6(C)C5CC[C@@]43C)N2C1. The Balaban J connectivity index is 0.952. The van der Waals surface area contributed by atoms with Crippen LogP contribution in [0.15, 0.2) is 11.6 Å². The number of hydrogen-bond donors (Lipinski definition) is 9. The number of allylic oxidation sites excluding steroid dienone is 1. The quantitative estimate of drug-likeness (QED) is 0.148. The first-order valence-corrected chi connectivity index (χ1v) is 23.4. The van der Waals surface area contributed by atoms with Crippen molar-refractivity contribution in [1.29, 1.82) is 0 Å². The summed E-state index contributed by atoms with van der Waals surface area (Å²) in [5.74, 6) is 4.15. The summed E-state index contributed by atoms with van der Waals surface area (Å²) >= 11 is 0. The lowest BCUT2D eigenvalue weighted by atomic mass is 9.47. The smallest absolute Gasteiger partial charge is 0.187 e. The number of aliphatic hydroxyl groups excluding tert-OH is 9. The minimum atomic E-state index is -1.83. The van der Waals surface area contributed by atoms with Crippen LogP contribution in [0.4, 0.5) is 0 Å². The summed E-state index contributed by atoms with van der Waals surface area (Å²) in [4.78, 5) is 2.94. The van der Waals surface area contributed by atoms with Crippen LogP contribution in [-0.2, 0) is 28.4 Å². The van der Waals surface area contributed by atoms with E-state index in [0.717, 1.165) is 36.6 Å². The second-order valence-corrected chi connectivity index (χ2v) is 21.2. The monoisotopic (exact) mass is 867 g/mol. The van der Waals surface area contributed by atoms with Crippen molar-refractivity contribution in [3.63, 3.8) is 0 Å². The number of nitrogens with zero attached hydrogens (tertiary/aromatic N) is 1. The molecule has 5 saturated heterocycles. The highest BCUT2D eigenvalue weighted by Crippen LogP contribution is 2.70. The Kier molecular flexibility index (Phi) is 12.7. The molecule has 9 N–H and O–H groups in total. The zero-order chi connectivity index (χ0) is 43.4. The molecule has 0 aromatic carbocycles. The van der Waals surface area contributed by atoms with Crippen molar-refractivity contribution in [2.45, 2.75) is 203 Å². The molecule has 26 atom stereocenters. The van der Waals surface area contributed by atoms with E-state index in [1.54, 1.807) is 0 Å². The standard InChI is InChI=1S/C45H73NO15/c1-19-6-9-27-20(2)31-28(46(27)16-19)15-26-24-8-7-22-14-23(10-12-44(22,4)25(24)11-13-45(26,31)5)57-43-40(61-41-37(54)35(52)32(49)21(3)56-41)39(34(51)30(18-48)59-43)60-42-38(55)36(53)33(50)29(17-47)58-42/h7,19-21,23-43,47-55H,6,8-18H2,1-5H3/t19-,20+,21-,23-,24?,25?,26?,27+,28?,29+,30+,31?,32-,33+,34-,35+,36-,37+,38+,39-,40+,41-,42-,43+,44-,45-/m0/s1. The molecule has 16 heteroatoms. The van der Waals surface area contributed by atoms with Crippen LogP contribution >= 0.6 is 0 Å². The van der Waals surface area contributed by atoms with Crippen LogP contribution in [0.3, 0.4) is 0 Å². The van der Waals surface area contributed by atoms with Crippen LogP contribution in [0, 0.1) is 46.3 Å². The minimum Gasteiger partial charge on any atom is -0.394 e. The Labute approximate surface area is 359 Å². The molecule has 8 fully saturated rings. The molecule has 3 saturated carbocycles. The number of ether oxygens (including phenoxy) is 6. The Morgan fingerprint density at radius 1 is 0.672 bits per heavy atom. The van der Waals surface area contributed by atoms with Crippen molar-refractivity contribution in [2.24, 2.45) is 46.3 Å². The van der Waals surface area contributed by atoms with Gasteiger partial charge >= 0.3 is 0 Å². The maximum Gasteiger partial charge on any atom is 0.187 e. The molecule has 4 aliphatic carbocycles. The van der Waals surface area contributed by atoms with Crippen LogP contribution in [0.1, 0.15) is 92.4 Å². The summed E-state index contributed by atoms with van der Waals surface area (Å²) < 4.78 is 36.8. The Bertz CT molecular complexity index is 1590. The van der Waals surface area contributed by atoms with E-state index in [9.17, 15) is 46.0 Å². The van der Waals surface area contributed by atoms with Gasteiger partial charge < -0.3 is 74.4 Å². The fraction of sp³-hybridized carbons (Fsp3) is 0.956. The zero-order valence-electron chi connectivity index (χ0n) is 36.3. The highest BCUT2D eigenvalue weighted by Gasteiger charge is 2.66. The summed E-state index contributed by atoms with van der Waals surface area (Å²) in [6.45, 7) is 11.4. The third kappa shape index (κ3) is 7.42. The van der Waals surface area contributed by atoms with Crippen LogP contribution < -0.4 is 0 Å². The number of piperidine rings is 1. The molecule has 0 bridgehead atoms. The normalized spacial score (nSPS) is 57.3. The lowest BCUT2D eigenvalue weighted by molar-refractivity contribution is -0.394. The molecule has 16 nitrogen and oxygen atoms in total. The fourth-order valence-corrected chi connectivity index (χ4v) is 14.7. The van der Waals surface area contributed by atoms with Crippen molar-refractivity contribution >= 4 is 0 Å². The molecule has 9 rings (SSSR count). The van der Waals surface area contributed by atoms with Crippen LogP contribution in [-0.4, -0.2) is 181 Å². The van der Waals surface area contributed by atoms with E-state index >= 15 is 0 Å². The summed E-state index contributed by atoms with van der Waals surface area (Å²) in [5, 5.41) is 95.8. The molecule has 5 unspecified atom stereocenters. The van der Waals surface area contributed by atoms with Gasteiger partial charge in [-0.25, -0.2) is 0 Å². The second-order valence-electron chi connectivity index (χ2n) is 21.2. The molecule has 0 spiro atoms. The predicted molar refractivity (Wildman–Crippen MR) is 215 cm³/mol. The second kappa shape index (κ2) is 17.1. The Morgan fingerprint density at radius 2 is 1.33 bits per heavy atom. The van der Waals surface area contributed by atoms with E-state index in [1.165, 1.54) is 51.1 Å². The molecule has 61 heavy (non-hydrogen) atoms. The van der Waals surface area contributed by atoms with Gasteiger partial charge in [0.05, 0.1) is 25.4 Å². The molecule has 348 valence electrons. The molecular weight excluding hydrogens is 794 g/mol. The Morgan fingerprint density at radius 3 is 2.05 bits per heavy atom. The van der Waals surface area contributed by atoms with Gasteiger partial charge in [-0.05, 0) is 111 Å². The van der Waals surface area contributed by atoms with Crippen molar-refractivity contribution in [2.75, 3.05) is 19.8 Å². The van der Waals surface area contributed by atoms with E-state index < -0.39 is 105 Å². The number of aliphatic hydroxyl groups is 9. The molecule has 9 aliphatic rings. The van der Waals surface area contributed by atoms with Crippen LogP contribution in [0.5, 0.6) is 0 Å². The topological polar surface area (TPSA) is 241 Å². The van der Waals surface area contributed by atoms with Crippen molar-refractivity contribution in [3.8, 4) is 0 Å². The maximum atomic E-state index is 11.6. The van der Waals surface area contributed by atoms with Gasteiger partial charge in [-0.1, -0.05) is 39.3 Å². The lowest BCUT2D eigenvalue weighted by Gasteiger charge is -2.58. The van der Waals surface area contributed by atoms with Gasteiger partial charge in [0.25, 0.3) is 0 Å². The predicted octanol–water partition coefficient (Wildman–Crippen LogP) is 0.155. The van der Waals surface area contributed by atoms with Gasteiger partial charge in [0, 0.05) is 18.6 Å². The highest BCUT2D eigenvalue weighted by atomic mass is 16.8. The lowest BCUT2D eigenvalue weighted by Crippen LogP contribution is -2.67. The summed E-state index contributed by atoms with van der Waals surface area (Å²) in [6, 6.07) is 1.43. The average molecular weight is 868 g/mol. The van der Waals surface area contributed by atoms with Gasteiger partial charge in [0.15, 0.2) is 18.9 Å². The molecule has 0 aromatic rings. The maximum absolute atomic E-state index is 11.6. The highest BCUT2D eigenvalue weighted by molar-refractivity contribution is 5.27. The summed E-state index contributed by atoms with van der Waals surface area (Å²) in [5.41, 5.74) is 1.72. The molecular formula is C45H73NO15. The number of fused-ring (bicyclic) bond motifs is 9. The van der Waals surface area contributed by atoms with E-state index in [4.69, 9.17) is 28.4 Å². The van der Waals surface area contributed by atoms with E-state index in [0.29, 0.717) is 42.1 Å².